The Morgan fingerprint density at radius 3 is 2.04 bits per heavy atom. The van der Waals surface area contributed by atoms with E-state index in [2.05, 4.69) is 49.3 Å². The maximum Gasteiger partial charge on any atom is 0.122 e. The van der Waals surface area contributed by atoms with Crippen molar-refractivity contribution in [1.29, 1.82) is 0 Å². The maximum atomic E-state index is 5.74. The van der Waals surface area contributed by atoms with Gasteiger partial charge in [-0.05, 0) is 23.6 Å². The van der Waals surface area contributed by atoms with E-state index in [0.717, 1.165) is 33.6 Å². The molecule has 3 aromatic rings. The van der Waals surface area contributed by atoms with Crippen LogP contribution in [0.25, 0.3) is 28.3 Å². The summed E-state index contributed by atoms with van der Waals surface area (Å²) in [5.74, 6) is 0.657. The van der Waals surface area contributed by atoms with Gasteiger partial charge >= 0.3 is 0 Å². The molecule has 3 rings (SSSR count). The Labute approximate surface area is 143 Å². The van der Waals surface area contributed by atoms with Crippen molar-refractivity contribution >= 4 is 5.76 Å². The van der Waals surface area contributed by atoms with Gasteiger partial charge in [-0.15, -0.1) is 0 Å². The van der Waals surface area contributed by atoms with Gasteiger partial charge in [-0.3, -0.25) is 0 Å². The molecule has 0 bridgehead atoms. The van der Waals surface area contributed by atoms with E-state index in [0.29, 0.717) is 12.4 Å². The molecule has 1 aromatic heterocycles. The lowest BCUT2D eigenvalue weighted by atomic mass is 10.0. The summed E-state index contributed by atoms with van der Waals surface area (Å²) < 4.78 is 5.74. The molecule has 1 heterocycles. The van der Waals surface area contributed by atoms with Gasteiger partial charge in [-0.25, -0.2) is 0 Å². The Hall–Kier alpha value is -3.00. The van der Waals surface area contributed by atoms with Crippen molar-refractivity contribution in [3.63, 3.8) is 0 Å². The molecule has 1 N–H and O–H groups in total. The van der Waals surface area contributed by atoms with Crippen molar-refractivity contribution in [2.45, 2.75) is 6.92 Å². The van der Waals surface area contributed by atoms with E-state index in [-0.39, 0.29) is 0 Å². The summed E-state index contributed by atoms with van der Waals surface area (Å²) in [6, 6.07) is 20.6. The van der Waals surface area contributed by atoms with E-state index in [1.165, 1.54) is 0 Å². The molecule has 0 aliphatic heterocycles. The lowest BCUT2D eigenvalue weighted by Crippen LogP contribution is -1.94. The van der Waals surface area contributed by atoms with Crippen LogP contribution in [-0.4, -0.2) is 11.6 Å². The molecule has 0 radical (unpaired) electrons. The lowest BCUT2D eigenvalue weighted by molar-refractivity contribution is 0.321. The van der Waals surface area contributed by atoms with Gasteiger partial charge in [0.1, 0.15) is 12.4 Å². The molecule has 0 unspecified atom stereocenters. The summed E-state index contributed by atoms with van der Waals surface area (Å²) in [6.07, 6.45) is 1.73. The fraction of sp³-hybridized carbons (Fsp3) is 0.0909. The molecule has 0 spiro atoms. The number of benzene rings is 2. The second kappa shape index (κ2) is 7.05. The zero-order chi connectivity index (χ0) is 16.9. The standard InChI is InChI=1S/C22H21NO/c1-4-15-24-17(3)20-16(2)21(18-11-7-5-8-12-18)23-22(20)19-13-9-6-10-14-19/h4-14,23H,1,3,15H2,2H3. The number of ether oxygens (including phenoxy) is 1. The highest BCUT2D eigenvalue weighted by molar-refractivity contribution is 5.84. The fourth-order valence-electron chi connectivity index (χ4n) is 2.89. The largest absolute Gasteiger partial charge is 0.489 e. The zero-order valence-corrected chi connectivity index (χ0v) is 13.9. The molecule has 0 aliphatic carbocycles. The molecular weight excluding hydrogens is 294 g/mol. The van der Waals surface area contributed by atoms with E-state index < -0.39 is 0 Å². The first kappa shape index (κ1) is 15.9. The van der Waals surface area contributed by atoms with Crippen LogP contribution in [0.2, 0.25) is 0 Å². The quantitative estimate of drug-likeness (QED) is 0.449. The van der Waals surface area contributed by atoms with Crippen LogP contribution in [0.4, 0.5) is 0 Å². The number of H-pyrrole nitrogens is 1. The number of hydrogen-bond donors (Lipinski definition) is 1. The summed E-state index contributed by atoms with van der Waals surface area (Å²) in [5, 5.41) is 0. The third-order valence-corrected chi connectivity index (χ3v) is 4.03. The third-order valence-electron chi connectivity index (χ3n) is 4.03. The molecular formula is C22H21NO. The van der Waals surface area contributed by atoms with E-state index in [1.54, 1.807) is 6.08 Å². The molecule has 0 amide bonds. The monoisotopic (exact) mass is 315 g/mol. The average molecular weight is 315 g/mol. The number of rotatable bonds is 6. The summed E-state index contributed by atoms with van der Waals surface area (Å²) in [7, 11) is 0. The number of nitrogens with one attached hydrogen (secondary N) is 1. The van der Waals surface area contributed by atoms with Gasteiger partial charge in [0.2, 0.25) is 0 Å². The Morgan fingerprint density at radius 2 is 1.50 bits per heavy atom. The van der Waals surface area contributed by atoms with Gasteiger partial charge in [0, 0.05) is 11.3 Å². The number of aromatic amines is 1. The molecule has 120 valence electrons. The smallest absolute Gasteiger partial charge is 0.122 e. The molecule has 2 aromatic carbocycles. The number of aromatic nitrogens is 1. The zero-order valence-electron chi connectivity index (χ0n) is 13.9. The van der Waals surface area contributed by atoms with Gasteiger partial charge in [-0.2, -0.15) is 0 Å². The van der Waals surface area contributed by atoms with Gasteiger partial charge in [0.05, 0.1) is 5.69 Å². The minimum atomic E-state index is 0.443. The minimum absolute atomic E-state index is 0.443. The first-order chi connectivity index (χ1) is 11.7. The average Bonchev–Trinajstić information content (AvgIpc) is 2.98. The van der Waals surface area contributed by atoms with Gasteiger partial charge < -0.3 is 9.72 Å². The second-order valence-corrected chi connectivity index (χ2v) is 5.63. The summed E-state index contributed by atoms with van der Waals surface area (Å²) in [5.41, 5.74) is 6.53. The van der Waals surface area contributed by atoms with E-state index in [1.807, 2.05) is 36.4 Å². The topological polar surface area (TPSA) is 25.0 Å². The Bertz CT molecular complexity index is 844. The van der Waals surface area contributed by atoms with Crippen LogP contribution in [-0.2, 0) is 4.74 Å². The number of hydrogen-bond acceptors (Lipinski definition) is 1. The van der Waals surface area contributed by atoms with Crippen molar-refractivity contribution in [3.8, 4) is 22.5 Å². The first-order valence-electron chi connectivity index (χ1n) is 7.98. The molecule has 2 heteroatoms. The van der Waals surface area contributed by atoms with Crippen LogP contribution in [0.5, 0.6) is 0 Å². The summed E-state index contributed by atoms with van der Waals surface area (Å²) in [6.45, 7) is 10.4. The Morgan fingerprint density at radius 1 is 0.958 bits per heavy atom. The molecule has 0 saturated carbocycles. The van der Waals surface area contributed by atoms with E-state index in [4.69, 9.17) is 4.74 Å². The molecule has 0 fully saturated rings. The Balaban J connectivity index is 2.16. The third kappa shape index (κ3) is 3.04. The van der Waals surface area contributed by atoms with Crippen LogP contribution in [0.3, 0.4) is 0 Å². The highest BCUT2D eigenvalue weighted by Gasteiger charge is 2.19. The predicted molar refractivity (Wildman–Crippen MR) is 102 cm³/mol. The maximum absolute atomic E-state index is 5.74. The first-order valence-corrected chi connectivity index (χ1v) is 7.98. The van der Waals surface area contributed by atoms with Crippen molar-refractivity contribution < 1.29 is 4.74 Å². The van der Waals surface area contributed by atoms with Crippen molar-refractivity contribution in [3.05, 3.63) is 91.0 Å². The normalized spacial score (nSPS) is 10.4. The SMILES string of the molecule is C=CCOC(=C)c1c(-c2ccccc2)[nH]c(-c2ccccc2)c1C. The minimum Gasteiger partial charge on any atom is -0.489 e. The summed E-state index contributed by atoms with van der Waals surface area (Å²) >= 11 is 0. The van der Waals surface area contributed by atoms with Crippen molar-refractivity contribution in [1.82, 2.24) is 4.98 Å². The molecule has 0 aliphatic rings. The van der Waals surface area contributed by atoms with Gasteiger partial charge in [-0.1, -0.05) is 79.9 Å². The van der Waals surface area contributed by atoms with Crippen LogP contribution >= 0.6 is 0 Å². The van der Waals surface area contributed by atoms with Crippen LogP contribution in [0.15, 0.2) is 79.9 Å². The van der Waals surface area contributed by atoms with Crippen molar-refractivity contribution in [2.24, 2.45) is 0 Å². The molecule has 0 atom stereocenters. The van der Waals surface area contributed by atoms with Crippen LogP contribution in [0.1, 0.15) is 11.1 Å². The highest BCUT2D eigenvalue weighted by atomic mass is 16.5. The highest BCUT2D eigenvalue weighted by Crippen LogP contribution is 2.37. The fourth-order valence-corrected chi connectivity index (χ4v) is 2.89. The van der Waals surface area contributed by atoms with Crippen molar-refractivity contribution in [2.75, 3.05) is 6.61 Å². The molecule has 0 saturated heterocycles. The molecule has 2 nitrogen and oxygen atoms in total. The van der Waals surface area contributed by atoms with Gasteiger partial charge in [0.15, 0.2) is 0 Å². The second-order valence-electron chi connectivity index (χ2n) is 5.63. The van der Waals surface area contributed by atoms with Crippen LogP contribution < -0.4 is 0 Å². The van der Waals surface area contributed by atoms with E-state index >= 15 is 0 Å². The van der Waals surface area contributed by atoms with E-state index in [9.17, 15) is 0 Å². The summed E-state index contributed by atoms with van der Waals surface area (Å²) in [4.78, 5) is 3.57. The van der Waals surface area contributed by atoms with Gasteiger partial charge in [0.25, 0.3) is 0 Å². The van der Waals surface area contributed by atoms with Crippen LogP contribution in [0, 0.1) is 6.92 Å². The predicted octanol–water partition coefficient (Wildman–Crippen LogP) is 5.83. The Kier molecular flexibility index (Phi) is 4.66. The molecule has 24 heavy (non-hydrogen) atoms. The lowest BCUT2D eigenvalue weighted by Gasteiger charge is -2.10.